The summed E-state index contributed by atoms with van der Waals surface area (Å²) in [5.74, 6) is 0.682. The van der Waals surface area contributed by atoms with E-state index in [1.54, 1.807) is 12.3 Å². The van der Waals surface area contributed by atoms with Crippen molar-refractivity contribution in [3.8, 4) is 17.7 Å². The van der Waals surface area contributed by atoms with E-state index >= 15 is 0 Å². The molecular weight excluding hydrogens is 431 g/mol. The molecule has 3 aromatic rings. The number of rotatable bonds is 6. The summed E-state index contributed by atoms with van der Waals surface area (Å²) in [6.45, 7) is 3.56. The number of ether oxygens (including phenoxy) is 1. The molecule has 1 unspecified atom stereocenters. The number of hydrogen-bond donors (Lipinski definition) is 2. The molecular formula is C20H19N5O2Y-2. The maximum absolute atomic E-state index is 12.3. The molecule has 3 rings (SSSR count). The average molecular weight is 450 g/mol. The van der Waals surface area contributed by atoms with E-state index < -0.39 is 18.0 Å². The summed E-state index contributed by atoms with van der Waals surface area (Å²) in [5, 5.41) is 9.77. The van der Waals surface area contributed by atoms with Crippen LogP contribution in [0.1, 0.15) is 5.56 Å². The van der Waals surface area contributed by atoms with Crippen LogP contribution in [-0.4, -0.2) is 32.9 Å². The van der Waals surface area contributed by atoms with Gasteiger partial charge in [-0.2, -0.15) is 5.26 Å². The summed E-state index contributed by atoms with van der Waals surface area (Å²) < 4.78 is 5.76. The quantitative estimate of drug-likeness (QED) is 0.562. The molecule has 28 heavy (non-hydrogen) atoms. The molecule has 1 aromatic carbocycles. The summed E-state index contributed by atoms with van der Waals surface area (Å²) in [6.07, 6.45) is 3.75. The first-order chi connectivity index (χ1) is 13.0. The van der Waals surface area contributed by atoms with Crippen molar-refractivity contribution in [3.63, 3.8) is 0 Å². The third-order valence-corrected chi connectivity index (χ3v) is 4.16. The van der Waals surface area contributed by atoms with Gasteiger partial charge in [0.15, 0.2) is 0 Å². The molecule has 2 atom stereocenters. The Hall–Kier alpha value is -2.27. The van der Waals surface area contributed by atoms with Crippen molar-refractivity contribution < 1.29 is 42.2 Å². The SMILES string of the molecule is [CH2-]C(C#N)N([CH2-])C(=O)[C@@H](N)Cc1c[nH]c2ccc(Oc3ccccn3)cc12.[Y]. The van der Waals surface area contributed by atoms with Crippen molar-refractivity contribution in [1.29, 1.82) is 5.26 Å². The van der Waals surface area contributed by atoms with Crippen LogP contribution in [0.5, 0.6) is 11.6 Å². The predicted octanol–water partition coefficient (Wildman–Crippen LogP) is 2.57. The molecule has 0 bridgehead atoms. The van der Waals surface area contributed by atoms with Gasteiger partial charge in [-0.15, -0.1) is 0 Å². The minimum Gasteiger partial charge on any atom is -0.505 e. The van der Waals surface area contributed by atoms with Crippen LogP contribution >= 0.6 is 0 Å². The molecule has 0 aliphatic rings. The van der Waals surface area contributed by atoms with Gasteiger partial charge >= 0.3 is 0 Å². The van der Waals surface area contributed by atoms with Gasteiger partial charge < -0.3 is 27.3 Å². The van der Waals surface area contributed by atoms with Crippen LogP contribution in [0.15, 0.2) is 48.8 Å². The second-order valence-corrected chi connectivity index (χ2v) is 6.05. The number of aromatic amines is 1. The van der Waals surface area contributed by atoms with Crippen molar-refractivity contribution in [3.05, 3.63) is 68.3 Å². The molecule has 1 radical (unpaired) electrons. The average Bonchev–Trinajstić information content (AvgIpc) is 3.09. The second kappa shape index (κ2) is 9.79. The molecule has 0 saturated heterocycles. The Kier molecular flexibility index (Phi) is 7.70. The molecule has 8 heteroatoms. The van der Waals surface area contributed by atoms with E-state index in [-0.39, 0.29) is 39.1 Å². The zero-order valence-electron chi connectivity index (χ0n) is 15.2. The summed E-state index contributed by atoms with van der Waals surface area (Å²) in [5.41, 5.74) is 7.79. The van der Waals surface area contributed by atoms with E-state index in [4.69, 9.17) is 15.7 Å². The topological polar surface area (TPSA) is 108 Å². The summed E-state index contributed by atoms with van der Waals surface area (Å²) in [4.78, 5) is 20.6. The minimum atomic E-state index is -0.884. The Morgan fingerprint density at radius 2 is 2.18 bits per heavy atom. The van der Waals surface area contributed by atoms with Crippen LogP contribution < -0.4 is 10.5 Å². The largest absolute Gasteiger partial charge is 0.505 e. The first-order valence-electron chi connectivity index (χ1n) is 8.30. The maximum atomic E-state index is 12.3. The van der Waals surface area contributed by atoms with Crippen LogP contribution in [0.4, 0.5) is 0 Å². The van der Waals surface area contributed by atoms with E-state index in [1.807, 2.05) is 42.6 Å². The summed E-state index contributed by atoms with van der Waals surface area (Å²) >= 11 is 0. The third kappa shape index (κ3) is 4.96. The number of nitrogens with two attached hydrogens (primary N) is 1. The molecule has 141 valence electrons. The van der Waals surface area contributed by atoms with Crippen LogP contribution in [-0.2, 0) is 43.9 Å². The van der Waals surface area contributed by atoms with Crippen molar-refractivity contribution in [2.75, 3.05) is 0 Å². The van der Waals surface area contributed by atoms with Crippen molar-refractivity contribution in [2.45, 2.75) is 18.5 Å². The van der Waals surface area contributed by atoms with Gasteiger partial charge in [-0.05, 0) is 42.3 Å². The smallest absolute Gasteiger partial charge is 0.219 e. The van der Waals surface area contributed by atoms with Crippen molar-refractivity contribution >= 4 is 16.8 Å². The Balaban J connectivity index is 0.00000280. The number of pyridine rings is 1. The monoisotopic (exact) mass is 450 g/mol. The number of amides is 1. The van der Waals surface area contributed by atoms with Gasteiger partial charge in [-0.3, -0.25) is 11.8 Å². The number of carbonyl (C=O) groups is 1. The standard InChI is InChI=1S/C20H19N5O2.Y/c1-13(11-21)25(2)20(26)17(22)9-14-12-24-18-7-6-15(10-16(14)18)27-19-5-3-4-8-23-19;/h3-8,10,12-13,17,24H,1-2,9,22H2;/q-2;/t13?,17-;/m0./s1. The molecule has 2 heterocycles. The Labute approximate surface area is 188 Å². The Bertz CT molecular complexity index is 983. The summed E-state index contributed by atoms with van der Waals surface area (Å²) in [6, 6.07) is 11.2. The van der Waals surface area contributed by atoms with Crippen LogP contribution in [0.25, 0.3) is 10.9 Å². The molecule has 0 aliphatic carbocycles. The maximum Gasteiger partial charge on any atom is 0.219 e. The Morgan fingerprint density at radius 1 is 1.39 bits per heavy atom. The number of nitrogens with one attached hydrogen (secondary N) is 1. The number of fused-ring (bicyclic) bond motifs is 1. The van der Waals surface area contributed by atoms with Gasteiger partial charge in [0.1, 0.15) is 5.75 Å². The number of benzene rings is 1. The molecule has 7 nitrogen and oxygen atoms in total. The number of H-pyrrole nitrogens is 1. The molecule has 0 saturated carbocycles. The molecule has 0 aliphatic heterocycles. The van der Waals surface area contributed by atoms with Crippen molar-refractivity contribution in [2.24, 2.45) is 5.73 Å². The number of carbonyl (C=O) groups excluding carboxylic acids is 1. The molecule has 2 aromatic heterocycles. The zero-order chi connectivity index (χ0) is 19.4. The Morgan fingerprint density at radius 3 is 2.86 bits per heavy atom. The fourth-order valence-electron chi connectivity index (χ4n) is 2.68. The van der Waals surface area contributed by atoms with E-state index in [0.29, 0.717) is 11.6 Å². The first-order valence-corrected chi connectivity index (χ1v) is 8.30. The molecule has 0 fully saturated rings. The fraction of sp³-hybridized carbons (Fsp3) is 0.150. The van der Waals surface area contributed by atoms with Gasteiger partial charge in [0, 0.05) is 62.1 Å². The van der Waals surface area contributed by atoms with E-state index in [1.165, 1.54) is 0 Å². The normalized spacial score (nSPS) is 12.5. The second-order valence-electron chi connectivity index (χ2n) is 6.05. The fourth-order valence-corrected chi connectivity index (χ4v) is 2.68. The number of aromatic nitrogens is 2. The summed E-state index contributed by atoms with van der Waals surface area (Å²) in [7, 11) is 3.57. The minimum absolute atomic E-state index is 0. The van der Waals surface area contributed by atoms with Gasteiger partial charge in [0.05, 0.1) is 12.1 Å². The predicted molar refractivity (Wildman–Crippen MR) is 101 cm³/mol. The third-order valence-electron chi connectivity index (χ3n) is 4.16. The van der Waals surface area contributed by atoms with Gasteiger partial charge in [-0.25, -0.2) is 4.98 Å². The van der Waals surface area contributed by atoms with Crippen LogP contribution in [0.2, 0.25) is 0 Å². The van der Waals surface area contributed by atoms with Crippen LogP contribution in [0.3, 0.4) is 0 Å². The number of nitriles is 1. The van der Waals surface area contributed by atoms with E-state index in [2.05, 4.69) is 23.9 Å². The van der Waals surface area contributed by atoms with Crippen LogP contribution in [0, 0.1) is 25.3 Å². The van der Waals surface area contributed by atoms with Crippen molar-refractivity contribution in [1.82, 2.24) is 14.9 Å². The van der Waals surface area contributed by atoms with Gasteiger partial charge in [0.2, 0.25) is 11.8 Å². The molecule has 1 amide bonds. The van der Waals surface area contributed by atoms with Gasteiger partial charge in [0.25, 0.3) is 0 Å². The van der Waals surface area contributed by atoms with Gasteiger partial charge in [-0.1, -0.05) is 6.07 Å². The zero-order valence-corrected chi connectivity index (χ0v) is 18.0. The first kappa shape index (κ1) is 22.0. The number of hydrogen-bond acceptors (Lipinski definition) is 5. The molecule has 0 spiro atoms. The number of nitrogens with zero attached hydrogens (tertiary/aromatic N) is 3. The van der Waals surface area contributed by atoms with E-state index in [0.717, 1.165) is 21.4 Å². The van der Waals surface area contributed by atoms with E-state index in [9.17, 15) is 4.79 Å². The molecule has 3 N–H and O–H groups in total.